The van der Waals surface area contributed by atoms with Crippen molar-refractivity contribution in [3.63, 3.8) is 0 Å². The van der Waals surface area contributed by atoms with Gasteiger partial charge < -0.3 is 10.6 Å². The third-order valence-electron chi connectivity index (χ3n) is 3.12. The van der Waals surface area contributed by atoms with Crippen molar-refractivity contribution in [1.82, 2.24) is 10.3 Å². The van der Waals surface area contributed by atoms with Crippen LogP contribution in [0.5, 0.6) is 0 Å². The summed E-state index contributed by atoms with van der Waals surface area (Å²) < 4.78 is 0. The first kappa shape index (κ1) is 13.2. The van der Waals surface area contributed by atoms with Gasteiger partial charge in [0.05, 0.1) is 10.5 Å². The Morgan fingerprint density at radius 2 is 2.47 bits per heavy atom. The zero-order chi connectivity index (χ0) is 13.7. The lowest BCUT2D eigenvalue weighted by Gasteiger charge is -2.23. The van der Waals surface area contributed by atoms with Crippen LogP contribution in [0.2, 0.25) is 0 Å². The van der Waals surface area contributed by atoms with Crippen LogP contribution in [0.1, 0.15) is 24.8 Å². The predicted molar refractivity (Wildman–Crippen MR) is 69.7 cm³/mol. The summed E-state index contributed by atoms with van der Waals surface area (Å²) in [7, 11) is 0. The molecule has 2 rings (SSSR count). The average molecular weight is 261 g/mol. The SMILES string of the molecule is N#Cc1cnc(NCC2CCCCN2)c([N+](=O)[O-])c1. The zero-order valence-corrected chi connectivity index (χ0v) is 10.4. The van der Waals surface area contributed by atoms with E-state index in [9.17, 15) is 10.1 Å². The maximum absolute atomic E-state index is 10.9. The lowest BCUT2D eigenvalue weighted by Crippen LogP contribution is -2.39. The summed E-state index contributed by atoms with van der Waals surface area (Å²) in [6.07, 6.45) is 4.73. The number of anilines is 1. The highest BCUT2D eigenvalue weighted by molar-refractivity contribution is 5.58. The number of nitriles is 1. The Morgan fingerprint density at radius 3 is 3.11 bits per heavy atom. The molecule has 2 N–H and O–H groups in total. The van der Waals surface area contributed by atoms with E-state index in [0.717, 1.165) is 13.0 Å². The van der Waals surface area contributed by atoms with E-state index in [4.69, 9.17) is 5.26 Å². The van der Waals surface area contributed by atoms with Gasteiger partial charge in [-0.15, -0.1) is 0 Å². The van der Waals surface area contributed by atoms with Crippen LogP contribution in [0.25, 0.3) is 0 Å². The highest BCUT2D eigenvalue weighted by Gasteiger charge is 2.18. The smallest absolute Gasteiger partial charge is 0.312 e. The number of nitrogens with zero attached hydrogens (tertiary/aromatic N) is 3. The van der Waals surface area contributed by atoms with Gasteiger partial charge in [-0.05, 0) is 19.4 Å². The number of nitro groups is 1. The Bertz CT molecular complexity index is 505. The van der Waals surface area contributed by atoms with Crippen LogP contribution < -0.4 is 10.6 Å². The van der Waals surface area contributed by atoms with Gasteiger partial charge in [0.2, 0.25) is 5.82 Å². The molecule has 0 aliphatic carbocycles. The van der Waals surface area contributed by atoms with E-state index < -0.39 is 4.92 Å². The third-order valence-corrected chi connectivity index (χ3v) is 3.12. The van der Waals surface area contributed by atoms with Crippen molar-refractivity contribution >= 4 is 11.5 Å². The molecular formula is C12H15N5O2. The predicted octanol–water partition coefficient (Wildman–Crippen LogP) is 1.42. The highest BCUT2D eigenvalue weighted by atomic mass is 16.6. The van der Waals surface area contributed by atoms with Crippen molar-refractivity contribution in [2.75, 3.05) is 18.4 Å². The lowest BCUT2D eigenvalue weighted by molar-refractivity contribution is -0.384. The van der Waals surface area contributed by atoms with E-state index in [-0.39, 0.29) is 17.1 Å². The molecule has 1 aliphatic heterocycles. The van der Waals surface area contributed by atoms with Gasteiger partial charge in [-0.3, -0.25) is 10.1 Å². The van der Waals surface area contributed by atoms with Gasteiger partial charge >= 0.3 is 5.69 Å². The number of rotatable bonds is 4. The van der Waals surface area contributed by atoms with Gasteiger partial charge in [0.15, 0.2) is 0 Å². The quantitative estimate of drug-likeness (QED) is 0.627. The molecule has 0 aromatic carbocycles. The Morgan fingerprint density at radius 1 is 1.63 bits per heavy atom. The Labute approximate surface area is 110 Å². The number of hydrogen-bond donors (Lipinski definition) is 2. The molecule has 0 spiro atoms. The van der Waals surface area contributed by atoms with Crippen molar-refractivity contribution < 1.29 is 4.92 Å². The molecule has 0 amide bonds. The second-order valence-corrected chi connectivity index (χ2v) is 4.49. The van der Waals surface area contributed by atoms with Gasteiger partial charge in [-0.25, -0.2) is 4.98 Å². The summed E-state index contributed by atoms with van der Waals surface area (Å²) in [5.74, 6) is 0.219. The molecule has 1 aliphatic rings. The molecule has 1 fully saturated rings. The standard InChI is InChI=1S/C12H15N5O2/c13-6-9-5-11(17(18)19)12(15-7-9)16-8-10-3-1-2-4-14-10/h5,7,10,14H,1-4,8H2,(H,15,16). The summed E-state index contributed by atoms with van der Waals surface area (Å²) in [4.78, 5) is 14.4. The van der Waals surface area contributed by atoms with Crippen LogP contribution in [0, 0.1) is 21.4 Å². The van der Waals surface area contributed by atoms with Crippen LogP contribution in [0.15, 0.2) is 12.3 Å². The maximum Gasteiger partial charge on any atom is 0.312 e. The zero-order valence-electron chi connectivity index (χ0n) is 10.4. The molecule has 1 aromatic rings. The van der Waals surface area contributed by atoms with Crippen molar-refractivity contribution in [2.24, 2.45) is 0 Å². The number of nitrogens with one attached hydrogen (secondary N) is 2. The normalized spacial score (nSPS) is 18.6. The average Bonchev–Trinajstić information content (AvgIpc) is 2.46. The maximum atomic E-state index is 10.9. The number of pyridine rings is 1. The van der Waals surface area contributed by atoms with Crippen molar-refractivity contribution in [3.8, 4) is 6.07 Å². The minimum Gasteiger partial charge on any atom is -0.363 e. The Kier molecular flexibility index (Phi) is 4.26. The fraction of sp³-hybridized carbons (Fsp3) is 0.500. The molecule has 1 atom stereocenters. The first-order chi connectivity index (χ1) is 9.20. The molecule has 2 heterocycles. The molecule has 0 saturated carbocycles. The van der Waals surface area contributed by atoms with Crippen molar-refractivity contribution in [1.29, 1.82) is 5.26 Å². The third kappa shape index (κ3) is 3.39. The summed E-state index contributed by atoms with van der Waals surface area (Å²) in [6, 6.07) is 3.40. The topological polar surface area (TPSA) is 104 Å². The first-order valence-electron chi connectivity index (χ1n) is 6.22. The molecule has 19 heavy (non-hydrogen) atoms. The largest absolute Gasteiger partial charge is 0.363 e. The Balaban J connectivity index is 2.06. The summed E-state index contributed by atoms with van der Waals surface area (Å²) in [6.45, 7) is 1.58. The van der Waals surface area contributed by atoms with E-state index in [1.165, 1.54) is 25.1 Å². The van der Waals surface area contributed by atoms with Crippen LogP contribution >= 0.6 is 0 Å². The molecule has 1 aromatic heterocycles. The summed E-state index contributed by atoms with van der Waals surface area (Å²) in [5.41, 5.74) is 0.0305. The second-order valence-electron chi connectivity index (χ2n) is 4.49. The van der Waals surface area contributed by atoms with Gasteiger partial charge in [-0.1, -0.05) is 6.42 Å². The molecule has 0 bridgehead atoms. The minimum absolute atomic E-state index is 0.158. The lowest BCUT2D eigenvalue weighted by atomic mass is 10.1. The van der Waals surface area contributed by atoms with Crippen LogP contribution in [-0.4, -0.2) is 29.0 Å². The van der Waals surface area contributed by atoms with Crippen molar-refractivity contribution in [2.45, 2.75) is 25.3 Å². The number of piperidine rings is 1. The fourth-order valence-electron chi connectivity index (χ4n) is 2.11. The molecule has 0 radical (unpaired) electrons. The molecule has 1 saturated heterocycles. The van der Waals surface area contributed by atoms with E-state index >= 15 is 0 Å². The van der Waals surface area contributed by atoms with E-state index in [0.29, 0.717) is 12.6 Å². The van der Waals surface area contributed by atoms with E-state index in [1.807, 2.05) is 6.07 Å². The van der Waals surface area contributed by atoms with Crippen molar-refractivity contribution in [3.05, 3.63) is 27.9 Å². The van der Waals surface area contributed by atoms with E-state index in [2.05, 4.69) is 15.6 Å². The number of hydrogen-bond acceptors (Lipinski definition) is 6. The van der Waals surface area contributed by atoms with Crippen LogP contribution in [0.3, 0.4) is 0 Å². The molecule has 7 heteroatoms. The van der Waals surface area contributed by atoms with Gasteiger partial charge in [-0.2, -0.15) is 5.26 Å². The second kappa shape index (κ2) is 6.11. The molecule has 7 nitrogen and oxygen atoms in total. The highest BCUT2D eigenvalue weighted by Crippen LogP contribution is 2.22. The van der Waals surface area contributed by atoms with Crippen LogP contribution in [0.4, 0.5) is 11.5 Å². The Hall–Kier alpha value is -2.20. The molecule has 100 valence electrons. The molecular weight excluding hydrogens is 246 g/mol. The summed E-state index contributed by atoms with van der Waals surface area (Å²) >= 11 is 0. The fourth-order valence-corrected chi connectivity index (χ4v) is 2.11. The van der Waals surface area contributed by atoms with Gasteiger partial charge in [0.1, 0.15) is 6.07 Å². The van der Waals surface area contributed by atoms with Gasteiger partial charge in [0.25, 0.3) is 0 Å². The molecule has 1 unspecified atom stereocenters. The number of aromatic nitrogens is 1. The summed E-state index contributed by atoms with van der Waals surface area (Å²) in [5, 5.41) is 26.0. The minimum atomic E-state index is -0.523. The van der Waals surface area contributed by atoms with Gasteiger partial charge in [0, 0.05) is 24.8 Å². The first-order valence-corrected chi connectivity index (χ1v) is 6.22. The monoisotopic (exact) mass is 261 g/mol. The van der Waals surface area contributed by atoms with E-state index in [1.54, 1.807) is 0 Å². The van der Waals surface area contributed by atoms with Crippen LogP contribution in [-0.2, 0) is 0 Å².